The van der Waals surface area contributed by atoms with Crippen molar-refractivity contribution < 1.29 is 9.13 Å². The summed E-state index contributed by atoms with van der Waals surface area (Å²) in [5.74, 6) is -0.0176. The van der Waals surface area contributed by atoms with Gasteiger partial charge in [0.1, 0.15) is 6.17 Å². The third-order valence-electron chi connectivity index (χ3n) is 4.02. The Morgan fingerprint density at radius 3 is 1.63 bits per heavy atom. The summed E-state index contributed by atoms with van der Waals surface area (Å²) < 4.78 is 21.1. The Morgan fingerprint density at radius 1 is 0.842 bits per heavy atom. The molecule has 1 saturated heterocycles. The van der Waals surface area contributed by atoms with Crippen LogP contribution < -0.4 is 0 Å². The Morgan fingerprint density at radius 2 is 1.32 bits per heavy atom. The van der Waals surface area contributed by atoms with E-state index in [4.69, 9.17) is 4.74 Å². The molecule has 1 heterocycles. The maximum absolute atomic E-state index is 14.9. The lowest BCUT2D eigenvalue weighted by molar-refractivity contribution is -0.0499. The Bertz CT molecular complexity index is 303. The van der Waals surface area contributed by atoms with Gasteiger partial charge < -0.3 is 4.74 Å². The lowest BCUT2D eigenvalue weighted by atomic mass is 9.70. The second-order valence-electron chi connectivity index (χ2n) is 9.56. The first-order chi connectivity index (χ1) is 8.23. The second kappa shape index (κ2) is 5.02. The number of hydrogen-bond acceptors (Lipinski definition) is 1. The fourth-order valence-electron chi connectivity index (χ4n) is 3.24. The molecule has 0 aromatic carbocycles. The molecule has 1 aliphatic heterocycles. The van der Waals surface area contributed by atoms with Gasteiger partial charge in [0.25, 0.3) is 0 Å². The standard InChI is InChI=1S/C17H33FO/c1-15(2,3)10-11-12(16(4,5)6)13(18)14(19-11)17(7,8)9/h11-14H,10H2,1-9H3/t11-,12?,13-,14-/m1/s1. The normalized spacial score (nSPS) is 33.8. The highest BCUT2D eigenvalue weighted by Crippen LogP contribution is 2.48. The summed E-state index contributed by atoms with van der Waals surface area (Å²) >= 11 is 0. The molecule has 114 valence electrons. The van der Waals surface area contributed by atoms with Crippen molar-refractivity contribution in [3.63, 3.8) is 0 Å². The molecule has 0 saturated carbocycles. The minimum Gasteiger partial charge on any atom is -0.371 e. The molecule has 0 aromatic heterocycles. The zero-order valence-electron chi connectivity index (χ0n) is 14.3. The topological polar surface area (TPSA) is 9.23 Å². The quantitative estimate of drug-likeness (QED) is 0.634. The first-order valence-electron chi connectivity index (χ1n) is 7.53. The number of hydrogen-bond donors (Lipinski definition) is 0. The van der Waals surface area contributed by atoms with Crippen molar-refractivity contribution in [2.45, 2.75) is 87.1 Å². The van der Waals surface area contributed by atoms with Crippen LogP contribution in [0.4, 0.5) is 4.39 Å². The van der Waals surface area contributed by atoms with E-state index >= 15 is 0 Å². The molecule has 0 radical (unpaired) electrons. The highest BCUT2D eigenvalue weighted by Gasteiger charge is 2.53. The Labute approximate surface area is 119 Å². The number of ether oxygens (including phenoxy) is 1. The molecule has 19 heavy (non-hydrogen) atoms. The molecule has 0 N–H and O–H groups in total. The van der Waals surface area contributed by atoms with Gasteiger partial charge in [-0.2, -0.15) is 0 Å². The molecule has 2 heteroatoms. The van der Waals surface area contributed by atoms with Crippen LogP contribution in [-0.2, 0) is 4.74 Å². The first-order valence-corrected chi connectivity index (χ1v) is 7.53. The smallest absolute Gasteiger partial charge is 0.132 e. The molecule has 0 bridgehead atoms. The molecule has 1 fully saturated rings. The van der Waals surface area contributed by atoms with Crippen LogP contribution in [0.2, 0.25) is 0 Å². The molecule has 0 aromatic rings. The van der Waals surface area contributed by atoms with Crippen LogP contribution in [-0.4, -0.2) is 18.4 Å². The van der Waals surface area contributed by atoms with Crippen molar-refractivity contribution in [3.05, 3.63) is 0 Å². The Hall–Kier alpha value is -0.110. The summed E-state index contributed by atoms with van der Waals surface area (Å²) in [7, 11) is 0. The van der Waals surface area contributed by atoms with Gasteiger partial charge in [-0.3, -0.25) is 0 Å². The van der Waals surface area contributed by atoms with Crippen LogP contribution in [0.15, 0.2) is 0 Å². The fourth-order valence-corrected chi connectivity index (χ4v) is 3.24. The van der Waals surface area contributed by atoms with Crippen molar-refractivity contribution in [1.82, 2.24) is 0 Å². The maximum Gasteiger partial charge on any atom is 0.132 e. The molecule has 1 unspecified atom stereocenters. The maximum atomic E-state index is 14.9. The molecule has 0 amide bonds. The highest BCUT2D eigenvalue weighted by atomic mass is 19.1. The van der Waals surface area contributed by atoms with Crippen molar-refractivity contribution in [3.8, 4) is 0 Å². The van der Waals surface area contributed by atoms with Gasteiger partial charge in [0.15, 0.2) is 0 Å². The van der Waals surface area contributed by atoms with Gasteiger partial charge in [0.2, 0.25) is 0 Å². The summed E-state index contributed by atoms with van der Waals surface area (Å²) in [5.41, 5.74) is -0.0362. The summed E-state index contributed by atoms with van der Waals surface area (Å²) in [6.07, 6.45) is -0.210. The van der Waals surface area contributed by atoms with Crippen LogP contribution >= 0.6 is 0 Å². The van der Waals surface area contributed by atoms with Crippen LogP contribution in [0.25, 0.3) is 0 Å². The average molecular weight is 272 g/mol. The third-order valence-corrected chi connectivity index (χ3v) is 4.02. The number of rotatable bonds is 1. The van der Waals surface area contributed by atoms with Gasteiger partial charge in [-0.15, -0.1) is 0 Å². The molecular weight excluding hydrogens is 239 g/mol. The van der Waals surface area contributed by atoms with Crippen molar-refractivity contribution >= 4 is 0 Å². The summed E-state index contributed by atoms with van der Waals surface area (Å²) in [6.45, 7) is 19.2. The zero-order chi connectivity index (χ0) is 15.2. The lowest BCUT2D eigenvalue weighted by Gasteiger charge is -2.35. The lowest BCUT2D eigenvalue weighted by Crippen LogP contribution is -2.39. The van der Waals surface area contributed by atoms with Gasteiger partial charge in [-0.05, 0) is 22.7 Å². The SMILES string of the molecule is CC(C)(C)C[C@H]1O[C@@H](C(C)(C)C)[C@H](F)C1C(C)(C)C. The van der Waals surface area contributed by atoms with Gasteiger partial charge >= 0.3 is 0 Å². The number of alkyl halides is 1. The first kappa shape index (κ1) is 16.9. The summed E-state index contributed by atoms with van der Waals surface area (Å²) in [5, 5.41) is 0. The Kier molecular flexibility index (Phi) is 4.48. The van der Waals surface area contributed by atoms with E-state index in [2.05, 4.69) is 62.3 Å². The second-order valence-corrected chi connectivity index (χ2v) is 9.56. The monoisotopic (exact) mass is 272 g/mol. The van der Waals surface area contributed by atoms with Crippen LogP contribution in [0.3, 0.4) is 0 Å². The van der Waals surface area contributed by atoms with E-state index in [9.17, 15) is 4.39 Å². The highest BCUT2D eigenvalue weighted by molar-refractivity contribution is 5.00. The van der Waals surface area contributed by atoms with Crippen molar-refractivity contribution in [2.75, 3.05) is 0 Å². The number of halogens is 1. The molecule has 1 rings (SSSR count). The van der Waals surface area contributed by atoms with E-state index in [1.54, 1.807) is 0 Å². The van der Waals surface area contributed by atoms with Crippen molar-refractivity contribution in [2.24, 2.45) is 22.2 Å². The van der Waals surface area contributed by atoms with Crippen molar-refractivity contribution in [1.29, 1.82) is 0 Å². The third kappa shape index (κ3) is 4.18. The predicted octanol–water partition coefficient (Wildman–Crippen LogP) is 5.24. The zero-order valence-corrected chi connectivity index (χ0v) is 14.3. The van der Waals surface area contributed by atoms with Gasteiger partial charge in [0.05, 0.1) is 12.2 Å². The summed E-state index contributed by atoms with van der Waals surface area (Å²) in [6, 6.07) is 0. The molecular formula is C17H33FO. The molecule has 1 aliphatic rings. The largest absolute Gasteiger partial charge is 0.371 e. The van der Waals surface area contributed by atoms with Gasteiger partial charge in [0, 0.05) is 5.92 Å². The minimum absolute atomic E-state index is 0.0176. The van der Waals surface area contributed by atoms with E-state index < -0.39 is 6.17 Å². The Balaban J connectivity index is 3.02. The van der Waals surface area contributed by atoms with E-state index in [0.717, 1.165) is 6.42 Å². The van der Waals surface area contributed by atoms with E-state index in [-0.39, 0.29) is 34.4 Å². The fraction of sp³-hybridized carbons (Fsp3) is 1.00. The average Bonchev–Trinajstić information content (AvgIpc) is 2.36. The molecule has 0 spiro atoms. The van der Waals surface area contributed by atoms with Gasteiger partial charge in [-0.1, -0.05) is 62.3 Å². The van der Waals surface area contributed by atoms with Crippen LogP contribution in [0, 0.1) is 22.2 Å². The molecule has 0 aliphatic carbocycles. The van der Waals surface area contributed by atoms with E-state index in [1.165, 1.54) is 0 Å². The molecule has 4 atom stereocenters. The van der Waals surface area contributed by atoms with Crippen LogP contribution in [0.1, 0.15) is 68.7 Å². The van der Waals surface area contributed by atoms with E-state index in [1.807, 2.05) is 0 Å². The van der Waals surface area contributed by atoms with E-state index in [0.29, 0.717) is 0 Å². The minimum atomic E-state index is -0.868. The van der Waals surface area contributed by atoms with Gasteiger partial charge in [-0.25, -0.2) is 4.39 Å². The molecule has 1 nitrogen and oxygen atoms in total. The van der Waals surface area contributed by atoms with Crippen LogP contribution in [0.5, 0.6) is 0 Å². The predicted molar refractivity (Wildman–Crippen MR) is 80.0 cm³/mol. The summed E-state index contributed by atoms with van der Waals surface area (Å²) in [4.78, 5) is 0.